The summed E-state index contributed by atoms with van der Waals surface area (Å²) in [6, 6.07) is 0. The molecule has 0 spiro atoms. The van der Waals surface area contributed by atoms with Gasteiger partial charge in [0.25, 0.3) is 0 Å². The van der Waals surface area contributed by atoms with Crippen LogP contribution < -0.4 is 5.73 Å². The Morgan fingerprint density at radius 2 is 2.44 bits per heavy atom. The van der Waals surface area contributed by atoms with Crippen LogP contribution in [0.1, 0.15) is 6.92 Å². The SMILES string of the molecule is CC(=COCN)C(=O)O. The lowest BCUT2D eigenvalue weighted by atomic mass is 10.4. The minimum absolute atomic E-state index is 0.00458. The van der Waals surface area contributed by atoms with Crippen molar-refractivity contribution in [2.75, 3.05) is 6.73 Å². The molecule has 0 unspecified atom stereocenters. The summed E-state index contributed by atoms with van der Waals surface area (Å²) in [4.78, 5) is 10.0. The molecule has 0 heterocycles. The lowest BCUT2D eigenvalue weighted by molar-refractivity contribution is -0.132. The molecule has 4 heteroatoms. The zero-order valence-electron chi connectivity index (χ0n) is 5.13. The maximum absolute atomic E-state index is 10.0. The second kappa shape index (κ2) is 3.91. The van der Waals surface area contributed by atoms with Gasteiger partial charge in [0.2, 0.25) is 0 Å². The Hall–Kier alpha value is -1.03. The average molecular weight is 131 g/mol. The molecule has 9 heavy (non-hydrogen) atoms. The van der Waals surface area contributed by atoms with Crippen molar-refractivity contribution in [3.63, 3.8) is 0 Å². The molecule has 0 aliphatic heterocycles. The number of aliphatic carboxylic acids is 1. The van der Waals surface area contributed by atoms with E-state index in [1.807, 2.05) is 0 Å². The van der Waals surface area contributed by atoms with Gasteiger partial charge >= 0.3 is 5.97 Å². The fourth-order valence-electron chi connectivity index (χ4n) is 0.224. The summed E-state index contributed by atoms with van der Waals surface area (Å²) in [6.07, 6.45) is 1.11. The molecule has 0 saturated heterocycles. The molecule has 52 valence electrons. The maximum Gasteiger partial charge on any atom is 0.334 e. The molecule has 0 aliphatic rings. The van der Waals surface area contributed by atoms with Crippen molar-refractivity contribution in [3.05, 3.63) is 11.8 Å². The van der Waals surface area contributed by atoms with Gasteiger partial charge in [0, 0.05) is 0 Å². The van der Waals surface area contributed by atoms with Gasteiger partial charge in [0.1, 0.15) is 6.73 Å². The number of carboxylic acid groups (broad SMARTS) is 1. The Kier molecular flexibility index (Phi) is 3.46. The third-order valence-electron chi connectivity index (χ3n) is 0.694. The zero-order valence-corrected chi connectivity index (χ0v) is 5.13. The van der Waals surface area contributed by atoms with Crippen LogP contribution >= 0.6 is 0 Å². The first kappa shape index (κ1) is 7.97. The van der Waals surface area contributed by atoms with Gasteiger partial charge in [0.05, 0.1) is 11.8 Å². The van der Waals surface area contributed by atoms with E-state index in [9.17, 15) is 4.79 Å². The molecule has 0 aromatic carbocycles. The minimum Gasteiger partial charge on any atom is -0.486 e. The standard InChI is InChI=1S/C5H9NO3/c1-4(5(7)8)2-9-3-6/h2H,3,6H2,1H3,(H,7,8). The van der Waals surface area contributed by atoms with Crippen molar-refractivity contribution in [2.45, 2.75) is 6.92 Å². The van der Waals surface area contributed by atoms with Crippen molar-refractivity contribution in [3.8, 4) is 0 Å². The van der Waals surface area contributed by atoms with Gasteiger partial charge in [-0.25, -0.2) is 4.79 Å². The predicted octanol–water partition coefficient (Wildman–Crippen LogP) is -0.0924. The van der Waals surface area contributed by atoms with E-state index in [1.165, 1.54) is 6.92 Å². The van der Waals surface area contributed by atoms with Gasteiger partial charge in [0.15, 0.2) is 0 Å². The van der Waals surface area contributed by atoms with Crippen LogP contribution in [0.3, 0.4) is 0 Å². The minimum atomic E-state index is -0.997. The molecule has 0 aromatic rings. The van der Waals surface area contributed by atoms with Crippen LogP contribution in [-0.4, -0.2) is 17.8 Å². The molecule has 0 fully saturated rings. The summed E-state index contributed by atoms with van der Waals surface area (Å²) in [5.41, 5.74) is 5.06. The van der Waals surface area contributed by atoms with Crippen LogP contribution in [0.25, 0.3) is 0 Å². The summed E-state index contributed by atoms with van der Waals surface area (Å²) in [6.45, 7) is 1.43. The molecule has 0 atom stereocenters. The molecule has 0 rings (SSSR count). The lowest BCUT2D eigenvalue weighted by Gasteiger charge is -1.93. The average Bonchev–Trinajstić information content (AvgIpc) is 1.82. The van der Waals surface area contributed by atoms with Crippen LogP contribution in [0.15, 0.2) is 11.8 Å². The summed E-state index contributed by atoms with van der Waals surface area (Å²) < 4.78 is 4.49. The number of hydrogen-bond acceptors (Lipinski definition) is 3. The van der Waals surface area contributed by atoms with E-state index < -0.39 is 5.97 Å². The highest BCUT2D eigenvalue weighted by atomic mass is 16.5. The van der Waals surface area contributed by atoms with E-state index in [-0.39, 0.29) is 12.3 Å². The van der Waals surface area contributed by atoms with Crippen molar-refractivity contribution in [1.82, 2.24) is 0 Å². The first-order chi connectivity index (χ1) is 4.18. The van der Waals surface area contributed by atoms with Gasteiger partial charge in [-0.3, -0.25) is 5.73 Å². The Morgan fingerprint density at radius 1 is 1.89 bits per heavy atom. The van der Waals surface area contributed by atoms with Crippen molar-refractivity contribution in [2.24, 2.45) is 5.73 Å². The van der Waals surface area contributed by atoms with Crippen LogP contribution in [0.5, 0.6) is 0 Å². The second-order valence-electron chi connectivity index (χ2n) is 1.44. The molecule has 0 radical (unpaired) electrons. The van der Waals surface area contributed by atoms with Crippen LogP contribution in [0, 0.1) is 0 Å². The van der Waals surface area contributed by atoms with Crippen molar-refractivity contribution < 1.29 is 14.6 Å². The fraction of sp³-hybridized carbons (Fsp3) is 0.400. The number of hydrogen-bond donors (Lipinski definition) is 2. The van der Waals surface area contributed by atoms with E-state index in [0.29, 0.717) is 0 Å². The number of rotatable bonds is 3. The molecule has 0 aliphatic carbocycles. The quantitative estimate of drug-likeness (QED) is 0.319. The summed E-state index contributed by atoms with van der Waals surface area (Å²) in [5.74, 6) is -0.997. The molecular weight excluding hydrogens is 122 g/mol. The van der Waals surface area contributed by atoms with Gasteiger partial charge in [-0.1, -0.05) is 0 Å². The number of carbonyl (C=O) groups is 1. The first-order valence-electron chi connectivity index (χ1n) is 2.40. The van der Waals surface area contributed by atoms with E-state index >= 15 is 0 Å². The van der Waals surface area contributed by atoms with E-state index in [1.54, 1.807) is 0 Å². The smallest absolute Gasteiger partial charge is 0.334 e. The molecule has 0 saturated carbocycles. The normalized spacial score (nSPS) is 11.1. The topological polar surface area (TPSA) is 72.5 Å². The fourth-order valence-corrected chi connectivity index (χ4v) is 0.224. The van der Waals surface area contributed by atoms with Crippen LogP contribution in [0.2, 0.25) is 0 Å². The lowest BCUT2D eigenvalue weighted by Crippen LogP contribution is -2.02. The van der Waals surface area contributed by atoms with Crippen LogP contribution in [-0.2, 0) is 9.53 Å². The third kappa shape index (κ3) is 3.54. The zero-order chi connectivity index (χ0) is 7.28. The molecule has 4 nitrogen and oxygen atoms in total. The number of carboxylic acids is 1. The van der Waals surface area contributed by atoms with Gasteiger partial charge in [-0.2, -0.15) is 0 Å². The third-order valence-corrected chi connectivity index (χ3v) is 0.694. The number of nitrogens with two attached hydrogens (primary N) is 1. The molecule has 0 aromatic heterocycles. The maximum atomic E-state index is 10.0. The highest BCUT2D eigenvalue weighted by molar-refractivity contribution is 5.85. The molecule has 0 amide bonds. The predicted molar refractivity (Wildman–Crippen MR) is 31.5 cm³/mol. The Balaban J connectivity index is 3.69. The Morgan fingerprint density at radius 3 is 2.78 bits per heavy atom. The van der Waals surface area contributed by atoms with Gasteiger partial charge in [-0.15, -0.1) is 0 Å². The van der Waals surface area contributed by atoms with E-state index in [4.69, 9.17) is 10.8 Å². The monoisotopic (exact) mass is 131 g/mol. The van der Waals surface area contributed by atoms with Crippen LogP contribution in [0.4, 0.5) is 0 Å². The summed E-state index contributed by atoms with van der Waals surface area (Å²) in [7, 11) is 0. The van der Waals surface area contributed by atoms with E-state index in [0.717, 1.165) is 6.26 Å². The summed E-state index contributed by atoms with van der Waals surface area (Å²) >= 11 is 0. The van der Waals surface area contributed by atoms with Gasteiger partial charge in [-0.05, 0) is 6.92 Å². The molecule has 0 bridgehead atoms. The van der Waals surface area contributed by atoms with Gasteiger partial charge < -0.3 is 9.84 Å². The Bertz CT molecular complexity index is 130. The Labute approximate surface area is 52.9 Å². The highest BCUT2D eigenvalue weighted by Gasteiger charge is 1.97. The van der Waals surface area contributed by atoms with Crippen molar-refractivity contribution >= 4 is 5.97 Å². The molecule has 3 N–H and O–H groups in total. The largest absolute Gasteiger partial charge is 0.486 e. The van der Waals surface area contributed by atoms with E-state index in [2.05, 4.69) is 4.74 Å². The number of ether oxygens (including phenoxy) is 1. The van der Waals surface area contributed by atoms with Crippen molar-refractivity contribution in [1.29, 1.82) is 0 Å². The first-order valence-corrected chi connectivity index (χ1v) is 2.40. The second-order valence-corrected chi connectivity index (χ2v) is 1.44. The molecular formula is C5H9NO3. The highest BCUT2D eigenvalue weighted by Crippen LogP contribution is 1.90. The summed E-state index contributed by atoms with van der Waals surface area (Å²) in [5, 5.41) is 8.22.